The van der Waals surface area contributed by atoms with Crippen LogP contribution in [0, 0.1) is 6.92 Å². The zero-order chi connectivity index (χ0) is 8.10. The van der Waals surface area contributed by atoms with Gasteiger partial charge in [-0.25, -0.2) is 0 Å². The van der Waals surface area contributed by atoms with Crippen molar-refractivity contribution in [1.82, 2.24) is 9.78 Å². The third-order valence-corrected chi connectivity index (χ3v) is 2.32. The largest absolute Gasteiger partial charge is 0.272 e. The number of aryl methyl sites for hydroxylation is 2. The van der Waals surface area contributed by atoms with Crippen LogP contribution in [-0.4, -0.2) is 21.3 Å². The number of nitrogens with zero attached hydrogens (tertiary/aromatic N) is 2. The predicted molar refractivity (Wildman–Crippen MR) is 50.0 cm³/mol. The number of aromatic nitrogens is 2. The van der Waals surface area contributed by atoms with Gasteiger partial charge in [-0.2, -0.15) is 16.9 Å². The van der Waals surface area contributed by atoms with E-state index in [9.17, 15) is 0 Å². The fourth-order valence-electron chi connectivity index (χ4n) is 0.890. The van der Waals surface area contributed by atoms with Gasteiger partial charge in [0.2, 0.25) is 0 Å². The average molecular weight is 170 g/mol. The molecule has 0 radical (unpaired) electrons. The molecule has 1 heterocycles. The van der Waals surface area contributed by atoms with Gasteiger partial charge >= 0.3 is 0 Å². The third kappa shape index (κ3) is 2.97. The zero-order valence-electron chi connectivity index (χ0n) is 7.08. The summed E-state index contributed by atoms with van der Waals surface area (Å²) in [5.41, 5.74) is 1.10. The molecule has 0 saturated heterocycles. The molecule has 1 aromatic heterocycles. The fraction of sp³-hybridized carbons (Fsp3) is 0.625. The Balaban J connectivity index is 2.27. The lowest BCUT2D eigenvalue weighted by molar-refractivity contribution is 0.660. The number of hydrogen-bond donors (Lipinski definition) is 0. The first-order chi connectivity index (χ1) is 5.33. The van der Waals surface area contributed by atoms with Crippen molar-refractivity contribution in [2.24, 2.45) is 0 Å². The summed E-state index contributed by atoms with van der Waals surface area (Å²) in [6.07, 6.45) is 2.03. The maximum Gasteiger partial charge on any atom is 0.0593 e. The van der Waals surface area contributed by atoms with Crippen molar-refractivity contribution in [3.63, 3.8) is 0 Å². The van der Waals surface area contributed by atoms with Gasteiger partial charge in [0.15, 0.2) is 0 Å². The molecule has 0 aromatic carbocycles. The Morgan fingerprint density at radius 1 is 1.64 bits per heavy atom. The van der Waals surface area contributed by atoms with Gasteiger partial charge < -0.3 is 0 Å². The number of hydrogen-bond acceptors (Lipinski definition) is 2. The minimum absolute atomic E-state index is 1.03. The summed E-state index contributed by atoms with van der Waals surface area (Å²) in [6.45, 7) is 5.23. The van der Waals surface area contributed by atoms with E-state index in [0.29, 0.717) is 0 Å². The number of thioether (sulfide) groups is 1. The van der Waals surface area contributed by atoms with Gasteiger partial charge in [-0.1, -0.05) is 6.92 Å². The molecule has 0 spiro atoms. The molecule has 2 nitrogen and oxygen atoms in total. The molecular weight excluding hydrogens is 156 g/mol. The van der Waals surface area contributed by atoms with E-state index in [1.807, 2.05) is 35.6 Å². The van der Waals surface area contributed by atoms with E-state index in [0.717, 1.165) is 18.0 Å². The van der Waals surface area contributed by atoms with Gasteiger partial charge in [0.25, 0.3) is 0 Å². The molecule has 11 heavy (non-hydrogen) atoms. The Kier molecular flexibility index (Phi) is 3.49. The summed E-state index contributed by atoms with van der Waals surface area (Å²) >= 11 is 1.95. The molecule has 3 heteroatoms. The lowest BCUT2D eigenvalue weighted by atomic mass is 10.5. The molecule has 62 valence electrons. The first-order valence-corrected chi connectivity index (χ1v) is 5.06. The summed E-state index contributed by atoms with van der Waals surface area (Å²) in [5.74, 6) is 2.36. The van der Waals surface area contributed by atoms with Crippen LogP contribution in [0.3, 0.4) is 0 Å². The molecule has 0 aliphatic carbocycles. The van der Waals surface area contributed by atoms with Crippen molar-refractivity contribution < 1.29 is 0 Å². The van der Waals surface area contributed by atoms with E-state index in [2.05, 4.69) is 12.0 Å². The first-order valence-electron chi connectivity index (χ1n) is 3.90. The van der Waals surface area contributed by atoms with Crippen molar-refractivity contribution >= 4 is 11.8 Å². The van der Waals surface area contributed by atoms with Gasteiger partial charge in [-0.15, -0.1) is 0 Å². The monoisotopic (exact) mass is 170 g/mol. The van der Waals surface area contributed by atoms with Crippen LogP contribution in [0.5, 0.6) is 0 Å². The van der Waals surface area contributed by atoms with E-state index in [-0.39, 0.29) is 0 Å². The Bertz CT molecular complexity index is 208. The van der Waals surface area contributed by atoms with Crippen LogP contribution >= 0.6 is 11.8 Å². The molecule has 0 amide bonds. The highest BCUT2D eigenvalue weighted by Gasteiger charge is 1.92. The van der Waals surface area contributed by atoms with Crippen molar-refractivity contribution in [3.05, 3.63) is 18.0 Å². The summed E-state index contributed by atoms with van der Waals surface area (Å²) in [6, 6.07) is 2.04. The highest BCUT2D eigenvalue weighted by Crippen LogP contribution is 2.00. The van der Waals surface area contributed by atoms with Gasteiger partial charge in [0.1, 0.15) is 0 Å². The molecule has 0 aliphatic rings. The minimum atomic E-state index is 1.03. The topological polar surface area (TPSA) is 17.8 Å². The highest BCUT2D eigenvalue weighted by molar-refractivity contribution is 7.99. The molecule has 0 unspecified atom stereocenters. The smallest absolute Gasteiger partial charge is 0.0593 e. The Hall–Kier alpha value is -0.440. The van der Waals surface area contributed by atoms with E-state index in [1.54, 1.807) is 0 Å². The summed E-state index contributed by atoms with van der Waals surface area (Å²) < 4.78 is 2.00. The molecule has 0 bridgehead atoms. The van der Waals surface area contributed by atoms with Gasteiger partial charge in [-0.3, -0.25) is 4.68 Å². The minimum Gasteiger partial charge on any atom is -0.272 e. The standard InChI is InChI=1S/C8H14N2S/c1-3-11-7-6-10-5-4-8(2)9-10/h4-5H,3,6-7H2,1-2H3. The maximum absolute atomic E-state index is 4.29. The quantitative estimate of drug-likeness (QED) is 0.643. The van der Waals surface area contributed by atoms with Gasteiger partial charge in [0, 0.05) is 18.5 Å². The maximum atomic E-state index is 4.29. The molecule has 0 fully saturated rings. The SMILES string of the molecule is CCSCCn1ccc(C)n1. The van der Waals surface area contributed by atoms with E-state index in [4.69, 9.17) is 0 Å². The average Bonchev–Trinajstić information content (AvgIpc) is 2.37. The Labute approximate surface area is 72.0 Å². The van der Waals surface area contributed by atoms with E-state index in [1.165, 1.54) is 5.75 Å². The van der Waals surface area contributed by atoms with Crippen molar-refractivity contribution in [2.75, 3.05) is 11.5 Å². The van der Waals surface area contributed by atoms with Crippen LogP contribution in [0.1, 0.15) is 12.6 Å². The molecule has 1 rings (SSSR count). The molecule has 0 aliphatic heterocycles. The highest BCUT2D eigenvalue weighted by atomic mass is 32.2. The lowest BCUT2D eigenvalue weighted by Gasteiger charge is -1.98. The second-order valence-electron chi connectivity index (χ2n) is 2.42. The Morgan fingerprint density at radius 3 is 3.00 bits per heavy atom. The van der Waals surface area contributed by atoms with Gasteiger partial charge in [0.05, 0.1) is 5.69 Å². The second kappa shape index (κ2) is 4.44. The van der Waals surface area contributed by atoms with Crippen LogP contribution in [-0.2, 0) is 6.54 Å². The number of rotatable bonds is 4. The van der Waals surface area contributed by atoms with Crippen LogP contribution in [0.2, 0.25) is 0 Å². The Morgan fingerprint density at radius 2 is 2.45 bits per heavy atom. The normalized spacial score (nSPS) is 10.4. The lowest BCUT2D eigenvalue weighted by Crippen LogP contribution is -2.01. The molecule has 0 N–H and O–H groups in total. The van der Waals surface area contributed by atoms with Crippen LogP contribution < -0.4 is 0 Å². The van der Waals surface area contributed by atoms with Gasteiger partial charge in [-0.05, 0) is 18.7 Å². The predicted octanol–water partition coefficient (Wildman–Crippen LogP) is 1.94. The van der Waals surface area contributed by atoms with E-state index < -0.39 is 0 Å². The molecular formula is C8H14N2S. The zero-order valence-corrected chi connectivity index (χ0v) is 7.90. The summed E-state index contributed by atoms with van der Waals surface area (Å²) in [5, 5.41) is 4.29. The third-order valence-electron chi connectivity index (χ3n) is 1.44. The molecule has 0 atom stereocenters. The summed E-state index contributed by atoms with van der Waals surface area (Å²) in [7, 11) is 0. The van der Waals surface area contributed by atoms with Crippen LogP contribution in [0.15, 0.2) is 12.3 Å². The molecule has 0 saturated carbocycles. The van der Waals surface area contributed by atoms with E-state index >= 15 is 0 Å². The van der Waals surface area contributed by atoms with Crippen LogP contribution in [0.4, 0.5) is 0 Å². The van der Waals surface area contributed by atoms with Crippen molar-refractivity contribution in [3.8, 4) is 0 Å². The summed E-state index contributed by atoms with van der Waals surface area (Å²) in [4.78, 5) is 0. The second-order valence-corrected chi connectivity index (χ2v) is 3.81. The van der Waals surface area contributed by atoms with Crippen LogP contribution in [0.25, 0.3) is 0 Å². The van der Waals surface area contributed by atoms with Crippen molar-refractivity contribution in [2.45, 2.75) is 20.4 Å². The first kappa shape index (κ1) is 8.65. The molecule has 1 aromatic rings. The van der Waals surface area contributed by atoms with Crippen molar-refractivity contribution in [1.29, 1.82) is 0 Å². The fourth-order valence-corrected chi connectivity index (χ4v) is 1.49.